The fraction of sp³-hybridized carbons (Fsp3) is 0.417. The molecule has 3 N–H and O–H groups in total. The Morgan fingerprint density at radius 1 is 1.47 bits per heavy atom. The van der Waals surface area contributed by atoms with E-state index in [1.54, 1.807) is 13.8 Å². The highest BCUT2D eigenvalue weighted by atomic mass is 19.1. The molecule has 0 amide bonds. The number of carboxylic acids is 1. The van der Waals surface area contributed by atoms with Crippen LogP contribution < -0.4 is 5.73 Å². The average molecular weight is 243 g/mol. The lowest BCUT2D eigenvalue weighted by Gasteiger charge is -2.30. The summed E-state index contributed by atoms with van der Waals surface area (Å²) in [7, 11) is 0. The number of nitrogens with two attached hydrogens (primary N) is 1. The average Bonchev–Trinajstić information content (AvgIpc) is 2.18. The number of benzene rings is 1. The molecule has 0 fully saturated rings. The minimum Gasteiger partial charge on any atom is -0.481 e. The number of carbonyl (C=O) groups is 1. The number of rotatable bonds is 4. The van der Waals surface area contributed by atoms with E-state index in [2.05, 4.69) is 0 Å². The van der Waals surface area contributed by atoms with E-state index in [0.29, 0.717) is 0 Å². The first-order valence-corrected chi connectivity index (χ1v) is 5.16. The van der Waals surface area contributed by atoms with Crippen LogP contribution in [0.3, 0.4) is 0 Å². The zero-order valence-electron chi connectivity index (χ0n) is 9.71. The molecule has 1 rings (SSSR count). The molecule has 0 aliphatic heterocycles. The summed E-state index contributed by atoms with van der Waals surface area (Å²) in [6, 6.07) is 2.11. The minimum absolute atomic E-state index is 0.00347. The molecule has 0 heterocycles. The first-order chi connectivity index (χ1) is 7.74. The second-order valence-corrected chi connectivity index (χ2v) is 4.70. The van der Waals surface area contributed by atoms with Crippen molar-refractivity contribution in [3.63, 3.8) is 0 Å². The van der Waals surface area contributed by atoms with Crippen molar-refractivity contribution in [3.05, 3.63) is 35.4 Å². The molecular formula is C12H15F2NO2. The van der Waals surface area contributed by atoms with Crippen LogP contribution in [0.5, 0.6) is 0 Å². The van der Waals surface area contributed by atoms with Crippen molar-refractivity contribution in [2.45, 2.75) is 26.3 Å². The van der Waals surface area contributed by atoms with Gasteiger partial charge in [0.05, 0.1) is 6.42 Å². The highest BCUT2D eigenvalue weighted by Crippen LogP contribution is 2.35. The van der Waals surface area contributed by atoms with E-state index >= 15 is 0 Å². The number of halogens is 2. The van der Waals surface area contributed by atoms with Crippen molar-refractivity contribution < 1.29 is 18.7 Å². The van der Waals surface area contributed by atoms with Crippen LogP contribution in [0.15, 0.2) is 18.2 Å². The predicted octanol–water partition coefficient (Wildman–Crippen LogP) is 2.47. The molecule has 94 valence electrons. The summed E-state index contributed by atoms with van der Waals surface area (Å²) >= 11 is 0. The molecule has 0 radical (unpaired) electrons. The maximum absolute atomic E-state index is 13.5. The molecule has 1 aromatic carbocycles. The molecule has 0 saturated heterocycles. The number of hydrogen-bond donors (Lipinski definition) is 2. The van der Waals surface area contributed by atoms with E-state index in [9.17, 15) is 13.6 Å². The van der Waals surface area contributed by atoms with Crippen LogP contribution in [0.1, 0.15) is 31.9 Å². The van der Waals surface area contributed by atoms with Crippen molar-refractivity contribution in [2.75, 3.05) is 0 Å². The third-order valence-corrected chi connectivity index (χ3v) is 2.74. The number of carboxylic acid groups (broad SMARTS) is 1. The zero-order valence-corrected chi connectivity index (χ0v) is 9.71. The molecule has 0 aromatic heterocycles. The SMILES string of the molecule is CC(C)(CC(=O)O)C(N)c1cc(F)ccc1F. The van der Waals surface area contributed by atoms with Gasteiger partial charge in [0, 0.05) is 11.6 Å². The molecule has 3 nitrogen and oxygen atoms in total. The van der Waals surface area contributed by atoms with Gasteiger partial charge in [-0.15, -0.1) is 0 Å². The van der Waals surface area contributed by atoms with E-state index in [1.165, 1.54) is 0 Å². The topological polar surface area (TPSA) is 63.3 Å². The fourth-order valence-electron chi connectivity index (χ4n) is 1.67. The van der Waals surface area contributed by atoms with Crippen molar-refractivity contribution >= 4 is 5.97 Å². The molecule has 0 saturated carbocycles. The maximum atomic E-state index is 13.5. The number of hydrogen-bond acceptors (Lipinski definition) is 2. The Kier molecular flexibility index (Phi) is 3.83. The summed E-state index contributed by atoms with van der Waals surface area (Å²) in [4.78, 5) is 10.7. The van der Waals surface area contributed by atoms with Crippen molar-refractivity contribution in [3.8, 4) is 0 Å². The van der Waals surface area contributed by atoms with Crippen molar-refractivity contribution in [1.82, 2.24) is 0 Å². The van der Waals surface area contributed by atoms with E-state index < -0.39 is 29.1 Å². The summed E-state index contributed by atoms with van der Waals surface area (Å²) in [5.74, 6) is -2.25. The van der Waals surface area contributed by atoms with E-state index in [4.69, 9.17) is 10.8 Å². The van der Waals surface area contributed by atoms with Gasteiger partial charge in [-0.2, -0.15) is 0 Å². The Bertz CT molecular complexity index is 433. The lowest BCUT2D eigenvalue weighted by atomic mass is 9.78. The second-order valence-electron chi connectivity index (χ2n) is 4.70. The normalized spacial score (nSPS) is 13.5. The quantitative estimate of drug-likeness (QED) is 0.853. The van der Waals surface area contributed by atoms with Crippen LogP contribution in [-0.2, 0) is 4.79 Å². The van der Waals surface area contributed by atoms with Gasteiger partial charge < -0.3 is 10.8 Å². The molecule has 0 aliphatic carbocycles. The van der Waals surface area contributed by atoms with Crippen LogP contribution in [0, 0.1) is 17.0 Å². The van der Waals surface area contributed by atoms with Gasteiger partial charge in [-0.25, -0.2) is 8.78 Å². The third kappa shape index (κ3) is 3.23. The van der Waals surface area contributed by atoms with Gasteiger partial charge >= 0.3 is 5.97 Å². The van der Waals surface area contributed by atoms with Gasteiger partial charge in [0.25, 0.3) is 0 Å². The Hall–Kier alpha value is -1.49. The summed E-state index contributed by atoms with van der Waals surface area (Å²) in [6.07, 6.45) is -0.218. The lowest BCUT2D eigenvalue weighted by Crippen LogP contribution is -2.32. The van der Waals surface area contributed by atoms with Crippen LogP contribution in [0.2, 0.25) is 0 Å². The van der Waals surface area contributed by atoms with Gasteiger partial charge in [-0.05, 0) is 23.6 Å². The monoisotopic (exact) mass is 243 g/mol. The summed E-state index contributed by atoms with van der Waals surface area (Å²) in [5.41, 5.74) is 4.96. The Morgan fingerprint density at radius 2 is 2.06 bits per heavy atom. The second kappa shape index (κ2) is 4.79. The molecule has 1 unspecified atom stereocenters. The van der Waals surface area contributed by atoms with Gasteiger partial charge in [-0.1, -0.05) is 13.8 Å². The molecule has 1 atom stereocenters. The standard InChI is InChI=1S/C12H15F2NO2/c1-12(2,6-10(16)17)11(15)8-5-7(13)3-4-9(8)14/h3-5,11H,6,15H2,1-2H3,(H,16,17). The van der Waals surface area contributed by atoms with E-state index in [0.717, 1.165) is 18.2 Å². The smallest absolute Gasteiger partial charge is 0.303 e. The highest BCUT2D eigenvalue weighted by molar-refractivity contribution is 5.67. The molecule has 0 bridgehead atoms. The number of aliphatic carboxylic acids is 1. The first kappa shape index (κ1) is 13.6. The molecule has 17 heavy (non-hydrogen) atoms. The van der Waals surface area contributed by atoms with Gasteiger partial charge in [0.2, 0.25) is 0 Å². The zero-order chi connectivity index (χ0) is 13.2. The Balaban J connectivity index is 3.06. The lowest BCUT2D eigenvalue weighted by molar-refractivity contribution is -0.139. The molecular weight excluding hydrogens is 228 g/mol. The molecule has 0 aliphatic rings. The maximum Gasteiger partial charge on any atom is 0.303 e. The van der Waals surface area contributed by atoms with Crippen molar-refractivity contribution in [1.29, 1.82) is 0 Å². The Labute approximate surface area is 98.2 Å². The van der Waals surface area contributed by atoms with Crippen molar-refractivity contribution in [2.24, 2.45) is 11.1 Å². The molecule has 1 aromatic rings. The summed E-state index contributed by atoms with van der Waals surface area (Å²) in [6.45, 7) is 3.21. The highest BCUT2D eigenvalue weighted by Gasteiger charge is 2.32. The van der Waals surface area contributed by atoms with E-state index in [-0.39, 0.29) is 12.0 Å². The minimum atomic E-state index is -1.03. The summed E-state index contributed by atoms with van der Waals surface area (Å²) in [5, 5.41) is 8.75. The van der Waals surface area contributed by atoms with Crippen LogP contribution >= 0.6 is 0 Å². The van der Waals surface area contributed by atoms with Crippen LogP contribution in [0.25, 0.3) is 0 Å². The summed E-state index contributed by atoms with van der Waals surface area (Å²) < 4.78 is 26.5. The van der Waals surface area contributed by atoms with Gasteiger partial charge in [-0.3, -0.25) is 4.79 Å². The Morgan fingerprint density at radius 3 is 2.59 bits per heavy atom. The third-order valence-electron chi connectivity index (χ3n) is 2.74. The first-order valence-electron chi connectivity index (χ1n) is 5.16. The van der Waals surface area contributed by atoms with Crippen LogP contribution in [0.4, 0.5) is 8.78 Å². The fourth-order valence-corrected chi connectivity index (χ4v) is 1.67. The van der Waals surface area contributed by atoms with Crippen LogP contribution in [-0.4, -0.2) is 11.1 Å². The van der Waals surface area contributed by atoms with E-state index in [1.807, 2.05) is 0 Å². The predicted molar refractivity (Wildman–Crippen MR) is 59.3 cm³/mol. The largest absolute Gasteiger partial charge is 0.481 e. The molecule has 0 spiro atoms. The molecule has 5 heteroatoms. The van der Waals surface area contributed by atoms with Gasteiger partial charge in [0.1, 0.15) is 11.6 Å². The van der Waals surface area contributed by atoms with Gasteiger partial charge in [0.15, 0.2) is 0 Å².